The van der Waals surface area contributed by atoms with Crippen molar-refractivity contribution in [2.75, 3.05) is 28.4 Å². The van der Waals surface area contributed by atoms with Crippen molar-refractivity contribution in [1.82, 2.24) is 0 Å². The minimum absolute atomic E-state index is 0.550. The molecular formula is C14H28O4Si2. The Kier molecular flexibility index (Phi) is 9.99. The fraction of sp³-hybridized carbons (Fsp3) is 0.571. The first-order chi connectivity index (χ1) is 9.57. The van der Waals surface area contributed by atoms with E-state index >= 15 is 0 Å². The van der Waals surface area contributed by atoms with Crippen molar-refractivity contribution >= 4 is 19.0 Å². The maximum absolute atomic E-state index is 5.39. The molecule has 6 heteroatoms. The lowest BCUT2D eigenvalue weighted by molar-refractivity contribution is -0.108. The van der Waals surface area contributed by atoms with E-state index in [4.69, 9.17) is 18.9 Å². The van der Waals surface area contributed by atoms with Gasteiger partial charge in [-0.15, -0.1) is 0 Å². The van der Waals surface area contributed by atoms with Crippen LogP contribution in [0.25, 0.3) is 0 Å². The van der Waals surface area contributed by atoms with E-state index in [2.05, 4.69) is 25.3 Å². The maximum atomic E-state index is 5.39. The summed E-state index contributed by atoms with van der Waals surface area (Å²) >= 11 is 0. The predicted molar refractivity (Wildman–Crippen MR) is 89.7 cm³/mol. The van der Waals surface area contributed by atoms with Gasteiger partial charge in [0.15, 0.2) is 10.8 Å². The first kappa shape index (κ1) is 19.5. The van der Waals surface area contributed by atoms with Gasteiger partial charge in [0.05, 0.1) is 0 Å². The Labute approximate surface area is 127 Å². The van der Waals surface area contributed by atoms with Crippen molar-refractivity contribution < 1.29 is 18.9 Å². The Balaban J connectivity index is 4.16. The smallest absolute Gasteiger partial charge is 0.162 e. The number of ether oxygens (including phenoxy) is 4. The lowest BCUT2D eigenvalue weighted by atomic mass is 10.6. The molecule has 0 aromatic carbocycles. The van der Waals surface area contributed by atoms with Crippen molar-refractivity contribution in [2.24, 2.45) is 0 Å². The van der Waals surface area contributed by atoms with E-state index in [-0.39, 0.29) is 0 Å². The summed E-state index contributed by atoms with van der Waals surface area (Å²) in [5.74, 6) is 0. The fourth-order valence-corrected chi connectivity index (χ4v) is 4.75. The molecule has 0 amide bonds. The molecule has 0 N–H and O–H groups in total. The molecule has 0 fully saturated rings. The van der Waals surface area contributed by atoms with Gasteiger partial charge in [-0.25, -0.2) is 0 Å². The topological polar surface area (TPSA) is 36.9 Å². The zero-order valence-electron chi connectivity index (χ0n) is 13.2. The maximum Gasteiger partial charge on any atom is 0.162 e. The third-order valence-corrected chi connectivity index (χ3v) is 7.86. The van der Waals surface area contributed by atoms with Crippen LogP contribution < -0.4 is 0 Å². The zero-order valence-corrected chi connectivity index (χ0v) is 16.0. The summed E-state index contributed by atoms with van der Waals surface area (Å²) in [4.78, 5) is 0. The van der Waals surface area contributed by atoms with Crippen molar-refractivity contribution in [1.29, 1.82) is 0 Å². The lowest BCUT2D eigenvalue weighted by Crippen LogP contribution is -2.38. The average molecular weight is 317 g/mol. The Morgan fingerprint density at radius 3 is 1.25 bits per heavy atom. The van der Waals surface area contributed by atoms with Crippen LogP contribution in [0.2, 0.25) is 12.1 Å². The molecule has 0 atom stereocenters. The molecule has 20 heavy (non-hydrogen) atoms. The predicted octanol–water partition coefficient (Wildman–Crippen LogP) is 0.982. The van der Waals surface area contributed by atoms with Gasteiger partial charge in [-0.2, -0.15) is 0 Å². The Morgan fingerprint density at radius 2 is 1.05 bits per heavy atom. The standard InChI is InChI=1S/C14H28O4Si2/c1-7-13(15-3,16-4)19-11-9-10-12-20-14(8-2,17-5)18-6/h7-10H,1-2,11-12,19-20H2,3-6H3. The van der Waals surface area contributed by atoms with E-state index in [0.29, 0.717) is 0 Å². The SMILES string of the molecule is C=CC(OC)(OC)[SiH2]CC=CC[SiH2]C(C=C)(OC)OC. The normalized spacial score (nSPS) is 14.0. The van der Waals surface area contributed by atoms with Crippen molar-refractivity contribution in [3.63, 3.8) is 0 Å². The van der Waals surface area contributed by atoms with E-state index in [0.717, 1.165) is 12.1 Å². The number of hydrogen-bond donors (Lipinski definition) is 0. The van der Waals surface area contributed by atoms with Crippen molar-refractivity contribution in [3.8, 4) is 0 Å². The van der Waals surface area contributed by atoms with Crippen LogP contribution in [0.15, 0.2) is 37.5 Å². The Morgan fingerprint density at radius 1 is 0.750 bits per heavy atom. The molecule has 116 valence electrons. The number of allylic oxidation sites excluding steroid dienone is 2. The number of hydrogen-bond acceptors (Lipinski definition) is 4. The van der Waals surface area contributed by atoms with Crippen molar-refractivity contribution in [2.45, 2.75) is 22.9 Å². The van der Waals surface area contributed by atoms with E-state index in [1.165, 1.54) is 0 Å². The first-order valence-electron chi connectivity index (χ1n) is 6.70. The highest BCUT2D eigenvalue weighted by Crippen LogP contribution is 2.14. The van der Waals surface area contributed by atoms with Gasteiger partial charge >= 0.3 is 0 Å². The zero-order chi connectivity index (χ0) is 15.5. The van der Waals surface area contributed by atoms with E-state index in [1.807, 2.05) is 0 Å². The van der Waals surface area contributed by atoms with Crippen LogP contribution in [0.3, 0.4) is 0 Å². The Bertz CT molecular complexity index is 280. The van der Waals surface area contributed by atoms with Gasteiger partial charge in [0.2, 0.25) is 0 Å². The highest BCUT2D eigenvalue weighted by Gasteiger charge is 2.25. The van der Waals surface area contributed by atoms with Crippen LogP contribution in [0, 0.1) is 0 Å². The summed E-state index contributed by atoms with van der Waals surface area (Å²) < 4.78 is 21.6. The third kappa shape index (κ3) is 5.86. The number of methoxy groups -OCH3 is 4. The van der Waals surface area contributed by atoms with Crippen LogP contribution in [0.1, 0.15) is 0 Å². The summed E-state index contributed by atoms with van der Waals surface area (Å²) in [5, 5.41) is 0. The van der Waals surface area contributed by atoms with Gasteiger partial charge in [0.1, 0.15) is 19.0 Å². The van der Waals surface area contributed by atoms with Crippen LogP contribution in [-0.2, 0) is 18.9 Å². The van der Waals surface area contributed by atoms with Gasteiger partial charge in [-0.1, -0.05) is 25.3 Å². The second-order valence-electron chi connectivity index (χ2n) is 4.40. The van der Waals surface area contributed by atoms with Gasteiger partial charge in [-0.05, 0) is 24.2 Å². The molecule has 0 aromatic rings. The van der Waals surface area contributed by atoms with E-state index in [9.17, 15) is 0 Å². The molecule has 0 aliphatic carbocycles. The molecule has 0 heterocycles. The van der Waals surface area contributed by atoms with Gasteiger partial charge in [0.25, 0.3) is 0 Å². The molecule has 0 aromatic heterocycles. The largest absolute Gasteiger partial charge is 0.354 e. The first-order valence-corrected chi connectivity index (χ1v) is 10.1. The lowest BCUT2D eigenvalue weighted by Gasteiger charge is -2.27. The van der Waals surface area contributed by atoms with Crippen LogP contribution in [0.5, 0.6) is 0 Å². The molecule has 0 aliphatic rings. The molecule has 0 unspecified atom stereocenters. The molecule has 4 nitrogen and oxygen atoms in total. The highest BCUT2D eigenvalue weighted by molar-refractivity contribution is 6.41. The second kappa shape index (κ2) is 10.3. The summed E-state index contributed by atoms with van der Waals surface area (Å²) in [6.45, 7) is 7.56. The summed E-state index contributed by atoms with van der Waals surface area (Å²) in [6.07, 6.45) is 7.88. The van der Waals surface area contributed by atoms with Crippen LogP contribution in [-0.4, -0.2) is 58.3 Å². The molecule has 0 aliphatic heterocycles. The Hall–Kier alpha value is -0.506. The second-order valence-corrected chi connectivity index (χ2v) is 8.52. The molecule has 0 saturated heterocycles. The molecule has 0 rings (SSSR count). The average Bonchev–Trinajstić information content (AvgIpc) is 2.52. The number of rotatable bonds is 12. The minimum atomic E-state index is -0.576. The quantitative estimate of drug-likeness (QED) is 0.306. The summed E-state index contributed by atoms with van der Waals surface area (Å²) in [5.41, 5.74) is -1.10. The van der Waals surface area contributed by atoms with Crippen LogP contribution >= 0.6 is 0 Å². The van der Waals surface area contributed by atoms with E-state index in [1.54, 1.807) is 40.6 Å². The van der Waals surface area contributed by atoms with Gasteiger partial charge in [0, 0.05) is 28.4 Å². The van der Waals surface area contributed by atoms with Gasteiger partial charge < -0.3 is 18.9 Å². The summed E-state index contributed by atoms with van der Waals surface area (Å²) in [7, 11) is 5.48. The van der Waals surface area contributed by atoms with Crippen molar-refractivity contribution in [3.05, 3.63) is 37.5 Å². The molecule has 0 radical (unpaired) electrons. The third-order valence-electron chi connectivity index (χ3n) is 3.49. The minimum Gasteiger partial charge on any atom is -0.354 e. The fourth-order valence-electron chi connectivity index (χ4n) is 1.92. The highest BCUT2D eigenvalue weighted by atomic mass is 28.2. The van der Waals surface area contributed by atoms with Gasteiger partial charge in [-0.3, -0.25) is 0 Å². The van der Waals surface area contributed by atoms with Crippen LogP contribution in [0.4, 0.5) is 0 Å². The molecular weight excluding hydrogens is 288 g/mol. The molecule has 0 saturated carbocycles. The molecule has 0 spiro atoms. The molecule has 0 bridgehead atoms. The summed E-state index contributed by atoms with van der Waals surface area (Å²) in [6, 6.07) is 2.01. The van der Waals surface area contributed by atoms with E-state index < -0.39 is 29.9 Å². The monoisotopic (exact) mass is 316 g/mol.